The van der Waals surface area contributed by atoms with Gasteiger partial charge in [0.05, 0.1) is 10.9 Å². The van der Waals surface area contributed by atoms with Gasteiger partial charge in [0.2, 0.25) is 0 Å². The summed E-state index contributed by atoms with van der Waals surface area (Å²) in [5.41, 5.74) is 3.69. The minimum absolute atomic E-state index is 0.138. The number of Topliss-reactive ketones (excluding diaryl/α,β-unsaturated/α-hetero) is 1. The number of fused-ring (bicyclic) bond motifs is 1. The third-order valence-corrected chi connectivity index (χ3v) is 6.83. The predicted molar refractivity (Wildman–Crippen MR) is 138 cm³/mol. The van der Waals surface area contributed by atoms with Gasteiger partial charge in [-0.25, -0.2) is 4.39 Å². The van der Waals surface area contributed by atoms with Crippen molar-refractivity contribution in [2.24, 2.45) is 5.41 Å². The lowest BCUT2D eigenvalue weighted by Crippen LogP contribution is -2.27. The van der Waals surface area contributed by atoms with Gasteiger partial charge in [0, 0.05) is 40.2 Å². The van der Waals surface area contributed by atoms with E-state index < -0.39 is 17.2 Å². The number of carboxylic acids is 1. The molecule has 0 bridgehead atoms. The molecule has 3 aromatic carbocycles. The van der Waals surface area contributed by atoms with E-state index in [1.54, 1.807) is 56.3 Å². The molecule has 180 valence electrons. The largest absolute Gasteiger partial charge is 0.481 e. The number of aromatic nitrogens is 1. The molecule has 0 atom stereocenters. The van der Waals surface area contributed by atoms with Gasteiger partial charge < -0.3 is 9.67 Å². The smallest absolute Gasteiger partial charge is 0.309 e. The number of hydrogen-bond acceptors (Lipinski definition) is 2. The molecular weight excluding hydrogens is 465 g/mol. The third-order valence-electron chi connectivity index (χ3n) is 6.58. The molecule has 0 aliphatic heterocycles. The van der Waals surface area contributed by atoms with E-state index in [1.807, 2.05) is 23.6 Å². The molecular formula is C29H27ClFNO3. The van der Waals surface area contributed by atoms with E-state index in [0.29, 0.717) is 33.8 Å². The zero-order chi connectivity index (χ0) is 25.5. The summed E-state index contributed by atoms with van der Waals surface area (Å²) in [6.45, 7) is 7.22. The number of nitrogens with zero attached hydrogens (tertiary/aromatic N) is 1. The molecule has 0 saturated carbocycles. The molecule has 1 heterocycles. The van der Waals surface area contributed by atoms with Crippen LogP contribution < -0.4 is 0 Å². The van der Waals surface area contributed by atoms with E-state index in [9.17, 15) is 14.7 Å². The Morgan fingerprint density at radius 2 is 1.69 bits per heavy atom. The summed E-state index contributed by atoms with van der Waals surface area (Å²) in [7, 11) is 0. The van der Waals surface area contributed by atoms with Crippen molar-refractivity contribution in [2.75, 3.05) is 0 Å². The van der Waals surface area contributed by atoms with Gasteiger partial charge in [0.15, 0.2) is 5.78 Å². The Balaban J connectivity index is 1.96. The lowest BCUT2D eigenvalue weighted by Gasteiger charge is -2.21. The highest BCUT2D eigenvalue weighted by molar-refractivity contribution is 6.30. The molecule has 4 aromatic rings. The van der Waals surface area contributed by atoms with E-state index in [-0.39, 0.29) is 12.2 Å². The van der Waals surface area contributed by atoms with Gasteiger partial charge >= 0.3 is 5.97 Å². The molecule has 0 aliphatic carbocycles. The van der Waals surface area contributed by atoms with Crippen LogP contribution in [0.3, 0.4) is 0 Å². The molecule has 1 aromatic heterocycles. The number of carboxylic acid groups (broad SMARTS) is 1. The first-order chi connectivity index (χ1) is 16.5. The highest BCUT2D eigenvalue weighted by Crippen LogP contribution is 2.37. The number of carbonyl (C=O) groups excluding carboxylic acids is 1. The van der Waals surface area contributed by atoms with Crippen LogP contribution in [0.2, 0.25) is 5.02 Å². The van der Waals surface area contributed by atoms with Crippen molar-refractivity contribution >= 4 is 34.3 Å². The van der Waals surface area contributed by atoms with E-state index in [4.69, 9.17) is 11.6 Å². The molecule has 0 saturated heterocycles. The monoisotopic (exact) mass is 491 g/mol. The number of ketones is 1. The second-order valence-corrected chi connectivity index (χ2v) is 10.0. The van der Waals surface area contributed by atoms with Crippen LogP contribution in [0.5, 0.6) is 0 Å². The first-order valence-corrected chi connectivity index (χ1v) is 11.8. The molecule has 0 radical (unpaired) electrons. The summed E-state index contributed by atoms with van der Waals surface area (Å²) in [6, 6.07) is 17.7. The molecule has 0 spiro atoms. The van der Waals surface area contributed by atoms with Gasteiger partial charge in [-0.05, 0) is 68.7 Å². The van der Waals surface area contributed by atoms with E-state index >= 15 is 4.39 Å². The van der Waals surface area contributed by atoms with Gasteiger partial charge in [-0.3, -0.25) is 9.59 Å². The van der Waals surface area contributed by atoms with Crippen molar-refractivity contribution in [1.82, 2.24) is 4.57 Å². The number of halogens is 2. The Hall–Kier alpha value is -3.44. The maximum Gasteiger partial charge on any atom is 0.309 e. The summed E-state index contributed by atoms with van der Waals surface area (Å²) in [5, 5.41) is 11.2. The summed E-state index contributed by atoms with van der Waals surface area (Å²) >= 11 is 6.05. The fourth-order valence-corrected chi connectivity index (χ4v) is 4.62. The summed E-state index contributed by atoms with van der Waals surface area (Å²) < 4.78 is 17.6. The van der Waals surface area contributed by atoms with Crippen LogP contribution in [-0.4, -0.2) is 21.4 Å². The van der Waals surface area contributed by atoms with Crippen LogP contribution in [-0.2, 0) is 17.8 Å². The lowest BCUT2D eigenvalue weighted by atomic mass is 9.86. The highest BCUT2D eigenvalue weighted by Gasteiger charge is 2.31. The van der Waals surface area contributed by atoms with Gasteiger partial charge in [0.25, 0.3) is 0 Å². The average molecular weight is 492 g/mol. The summed E-state index contributed by atoms with van der Waals surface area (Å²) in [6.07, 6.45) is 0.275. The van der Waals surface area contributed by atoms with E-state index in [0.717, 1.165) is 22.2 Å². The maximum absolute atomic E-state index is 15.6. The van der Waals surface area contributed by atoms with Crippen molar-refractivity contribution in [3.8, 4) is 11.1 Å². The van der Waals surface area contributed by atoms with Crippen molar-refractivity contribution in [2.45, 2.75) is 40.7 Å². The third kappa shape index (κ3) is 4.73. The normalized spacial score (nSPS) is 11.7. The Labute approximate surface area is 209 Å². The molecule has 1 N–H and O–H groups in total. The minimum Gasteiger partial charge on any atom is -0.481 e. The summed E-state index contributed by atoms with van der Waals surface area (Å²) in [5.74, 6) is -1.48. The fraction of sp³-hybridized carbons (Fsp3) is 0.241. The van der Waals surface area contributed by atoms with Crippen molar-refractivity contribution in [3.05, 3.63) is 93.9 Å². The van der Waals surface area contributed by atoms with Gasteiger partial charge in [0.1, 0.15) is 5.82 Å². The SMILES string of the molecule is CC(=O)c1ccccc1-c1cc2c(C)c(CC(C)(C)C(=O)O)n(Cc3ccc(Cl)cc3)c2cc1F. The Morgan fingerprint density at radius 3 is 2.31 bits per heavy atom. The highest BCUT2D eigenvalue weighted by atomic mass is 35.5. The minimum atomic E-state index is -1.01. The van der Waals surface area contributed by atoms with Crippen molar-refractivity contribution in [1.29, 1.82) is 0 Å². The average Bonchev–Trinajstić information content (AvgIpc) is 3.04. The molecule has 35 heavy (non-hydrogen) atoms. The van der Waals surface area contributed by atoms with Crippen LogP contribution in [0, 0.1) is 18.2 Å². The number of benzene rings is 3. The van der Waals surface area contributed by atoms with Gasteiger partial charge in [-0.2, -0.15) is 0 Å². The molecule has 0 fully saturated rings. The lowest BCUT2D eigenvalue weighted by molar-refractivity contribution is -0.146. The zero-order valence-corrected chi connectivity index (χ0v) is 20.9. The Morgan fingerprint density at radius 1 is 1.03 bits per heavy atom. The number of aryl methyl sites for hydroxylation is 1. The van der Waals surface area contributed by atoms with Crippen LogP contribution in [0.1, 0.15) is 48.0 Å². The quantitative estimate of drug-likeness (QED) is 0.276. The Kier molecular flexibility index (Phi) is 6.56. The van der Waals surface area contributed by atoms with Crippen LogP contribution in [0.15, 0.2) is 60.7 Å². The first kappa shape index (κ1) is 24.7. The van der Waals surface area contributed by atoms with Crippen LogP contribution in [0.25, 0.3) is 22.0 Å². The number of rotatable bonds is 7. The topological polar surface area (TPSA) is 59.3 Å². The van der Waals surface area contributed by atoms with Crippen LogP contribution >= 0.6 is 11.6 Å². The maximum atomic E-state index is 15.6. The van der Waals surface area contributed by atoms with Gasteiger partial charge in [-0.15, -0.1) is 0 Å². The molecule has 0 amide bonds. The second-order valence-electron chi connectivity index (χ2n) is 9.60. The van der Waals surface area contributed by atoms with Crippen molar-refractivity contribution < 1.29 is 19.1 Å². The standard InChI is InChI=1S/C29H27ClFNO3/c1-17-23-13-24(22-8-6-5-7-21(22)18(2)33)25(31)14-26(23)32(16-19-9-11-20(30)12-10-19)27(17)15-29(3,4)28(34)35/h5-14H,15-16H2,1-4H3,(H,34,35). The predicted octanol–water partition coefficient (Wildman–Crippen LogP) is 7.31. The molecule has 6 heteroatoms. The summed E-state index contributed by atoms with van der Waals surface area (Å²) in [4.78, 5) is 24.1. The zero-order valence-electron chi connectivity index (χ0n) is 20.2. The van der Waals surface area contributed by atoms with E-state index in [2.05, 4.69) is 0 Å². The molecule has 0 unspecified atom stereocenters. The molecule has 0 aliphatic rings. The fourth-order valence-electron chi connectivity index (χ4n) is 4.50. The van der Waals surface area contributed by atoms with E-state index in [1.165, 1.54) is 13.0 Å². The van der Waals surface area contributed by atoms with Gasteiger partial charge in [-0.1, -0.05) is 48.0 Å². The number of aliphatic carboxylic acids is 1. The van der Waals surface area contributed by atoms with Crippen molar-refractivity contribution in [3.63, 3.8) is 0 Å². The van der Waals surface area contributed by atoms with Crippen LogP contribution in [0.4, 0.5) is 4.39 Å². The molecule has 4 rings (SSSR count). The second kappa shape index (κ2) is 9.31. The first-order valence-electron chi connectivity index (χ1n) is 11.4. The molecule has 4 nitrogen and oxygen atoms in total. The number of carbonyl (C=O) groups is 2. The number of hydrogen-bond donors (Lipinski definition) is 1. The Bertz CT molecular complexity index is 1450.